The van der Waals surface area contributed by atoms with E-state index in [2.05, 4.69) is 4.98 Å². The zero-order chi connectivity index (χ0) is 21.2. The molecule has 156 valence electrons. The number of rotatable bonds is 6. The van der Waals surface area contributed by atoms with E-state index in [4.69, 9.17) is 14.2 Å². The van der Waals surface area contributed by atoms with Crippen LogP contribution >= 0.6 is 0 Å². The Morgan fingerprint density at radius 2 is 2.03 bits per heavy atom. The van der Waals surface area contributed by atoms with Gasteiger partial charge in [-0.05, 0) is 26.0 Å². The number of aliphatic hydroxyl groups is 1. The molecule has 0 unspecified atom stereocenters. The molecule has 2 heterocycles. The standard InChI is InChI=1S/C19H21FN2O7/c1-18(2,26)28-13-10-15(22-9-8-14(23)21-17(22)25)29-19(13,20)11-27-16(24)12-6-4-3-5-7-12/h3-9,13,15,26H,10-11H2,1-2H3,(H,21,23,25)/t13-,15+,19+/m0/s1. The van der Waals surface area contributed by atoms with Crippen LogP contribution in [-0.2, 0) is 14.2 Å². The van der Waals surface area contributed by atoms with Crippen molar-refractivity contribution in [2.45, 2.75) is 44.2 Å². The first-order chi connectivity index (χ1) is 13.6. The van der Waals surface area contributed by atoms with E-state index in [0.717, 1.165) is 16.8 Å². The maximum absolute atomic E-state index is 15.6. The van der Waals surface area contributed by atoms with E-state index >= 15 is 4.39 Å². The van der Waals surface area contributed by atoms with E-state index in [0.29, 0.717) is 0 Å². The van der Waals surface area contributed by atoms with Crippen LogP contribution in [0.25, 0.3) is 0 Å². The Hall–Kier alpha value is -2.82. The van der Waals surface area contributed by atoms with Crippen LogP contribution in [0.2, 0.25) is 0 Å². The van der Waals surface area contributed by atoms with Crippen molar-refractivity contribution in [1.29, 1.82) is 0 Å². The summed E-state index contributed by atoms with van der Waals surface area (Å²) in [6.45, 7) is 1.79. The molecule has 2 N–H and O–H groups in total. The first kappa shape index (κ1) is 20.9. The van der Waals surface area contributed by atoms with Gasteiger partial charge in [0.05, 0.1) is 5.56 Å². The highest BCUT2D eigenvalue weighted by Crippen LogP contribution is 2.41. The summed E-state index contributed by atoms with van der Waals surface area (Å²) >= 11 is 0. The molecule has 2 aromatic rings. The van der Waals surface area contributed by atoms with Gasteiger partial charge in [-0.25, -0.2) is 14.0 Å². The van der Waals surface area contributed by atoms with Crippen LogP contribution in [0.1, 0.15) is 36.9 Å². The molecule has 1 aromatic carbocycles. The molecule has 0 bridgehead atoms. The Morgan fingerprint density at radius 1 is 1.34 bits per heavy atom. The summed E-state index contributed by atoms with van der Waals surface area (Å²) in [4.78, 5) is 37.5. The molecular weight excluding hydrogens is 387 g/mol. The normalized spacial score (nSPS) is 24.4. The molecule has 0 aliphatic carbocycles. The minimum absolute atomic E-state index is 0.171. The van der Waals surface area contributed by atoms with Crippen LogP contribution in [0, 0.1) is 0 Å². The van der Waals surface area contributed by atoms with Crippen molar-refractivity contribution in [2.24, 2.45) is 0 Å². The Bertz CT molecular complexity index is 982. The summed E-state index contributed by atoms with van der Waals surface area (Å²) in [6, 6.07) is 9.09. The molecule has 1 fully saturated rings. The van der Waals surface area contributed by atoms with E-state index in [1.54, 1.807) is 18.2 Å². The number of carbonyl (C=O) groups is 1. The molecule has 3 atom stereocenters. The summed E-state index contributed by atoms with van der Waals surface area (Å²) < 4.78 is 32.3. The van der Waals surface area contributed by atoms with Gasteiger partial charge in [0.1, 0.15) is 12.3 Å². The number of carbonyl (C=O) groups excluding carboxylic acids is 1. The number of benzene rings is 1. The number of alkyl halides is 1. The summed E-state index contributed by atoms with van der Waals surface area (Å²) in [5.41, 5.74) is -1.19. The lowest BCUT2D eigenvalue weighted by atomic mass is 10.1. The highest BCUT2D eigenvalue weighted by atomic mass is 19.2. The number of ether oxygens (including phenoxy) is 3. The fourth-order valence-corrected chi connectivity index (χ4v) is 2.97. The smallest absolute Gasteiger partial charge is 0.338 e. The van der Waals surface area contributed by atoms with Crippen molar-refractivity contribution >= 4 is 5.97 Å². The second-order valence-corrected chi connectivity index (χ2v) is 7.11. The average molecular weight is 408 g/mol. The lowest BCUT2D eigenvalue weighted by Gasteiger charge is -2.30. The largest absolute Gasteiger partial charge is 0.456 e. The van der Waals surface area contributed by atoms with Crippen molar-refractivity contribution in [3.63, 3.8) is 0 Å². The van der Waals surface area contributed by atoms with Crippen molar-refractivity contribution in [1.82, 2.24) is 9.55 Å². The number of hydrogen-bond donors (Lipinski definition) is 2. The third-order valence-corrected chi connectivity index (χ3v) is 4.23. The molecule has 9 nitrogen and oxygen atoms in total. The lowest BCUT2D eigenvalue weighted by Crippen LogP contribution is -2.45. The number of aromatic nitrogens is 2. The van der Waals surface area contributed by atoms with Crippen molar-refractivity contribution < 1.29 is 28.5 Å². The highest BCUT2D eigenvalue weighted by Gasteiger charge is 2.54. The molecule has 1 aliphatic heterocycles. The van der Waals surface area contributed by atoms with Crippen LogP contribution in [0.5, 0.6) is 0 Å². The lowest BCUT2D eigenvalue weighted by molar-refractivity contribution is -0.273. The molecule has 29 heavy (non-hydrogen) atoms. The van der Waals surface area contributed by atoms with E-state index in [-0.39, 0.29) is 12.0 Å². The molecule has 1 aromatic heterocycles. The highest BCUT2D eigenvalue weighted by molar-refractivity contribution is 5.89. The molecule has 0 spiro atoms. The van der Waals surface area contributed by atoms with Gasteiger partial charge in [-0.3, -0.25) is 14.3 Å². The predicted octanol–water partition coefficient (Wildman–Crippen LogP) is 1.09. The van der Waals surface area contributed by atoms with Crippen LogP contribution < -0.4 is 11.2 Å². The zero-order valence-corrected chi connectivity index (χ0v) is 15.8. The Kier molecular flexibility index (Phi) is 5.69. The first-order valence-electron chi connectivity index (χ1n) is 8.88. The number of aromatic amines is 1. The van der Waals surface area contributed by atoms with E-state index in [1.165, 1.54) is 26.0 Å². The van der Waals surface area contributed by atoms with E-state index in [1.807, 2.05) is 0 Å². The Labute approximate surface area is 164 Å². The molecule has 3 rings (SSSR count). The zero-order valence-electron chi connectivity index (χ0n) is 15.8. The first-order valence-corrected chi connectivity index (χ1v) is 8.88. The second-order valence-electron chi connectivity index (χ2n) is 7.11. The maximum atomic E-state index is 15.6. The summed E-state index contributed by atoms with van der Waals surface area (Å²) in [5.74, 6) is -5.11. The third kappa shape index (κ3) is 4.97. The predicted molar refractivity (Wildman–Crippen MR) is 97.8 cm³/mol. The number of nitrogens with one attached hydrogen (secondary N) is 1. The van der Waals surface area contributed by atoms with Gasteiger partial charge in [0.2, 0.25) is 0 Å². The van der Waals surface area contributed by atoms with Crippen molar-refractivity contribution in [3.05, 3.63) is 69.0 Å². The van der Waals surface area contributed by atoms with Gasteiger partial charge in [-0.15, -0.1) is 0 Å². The van der Waals surface area contributed by atoms with Gasteiger partial charge in [-0.2, -0.15) is 0 Å². The van der Waals surface area contributed by atoms with Crippen molar-refractivity contribution in [2.75, 3.05) is 6.61 Å². The summed E-state index contributed by atoms with van der Waals surface area (Å²) in [7, 11) is 0. The molecule has 0 saturated carbocycles. The number of halogens is 1. The summed E-state index contributed by atoms with van der Waals surface area (Å²) in [6.07, 6.45) is -1.51. The van der Waals surface area contributed by atoms with Gasteiger partial charge in [0.25, 0.3) is 11.4 Å². The van der Waals surface area contributed by atoms with Crippen LogP contribution in [0.15, 0.2) is 52.2 Å². The fourth-order valence-electron chi connectivity index (χ4n) is 2.97. The number of H-pyrrole nitrogens is 1. The number of hydrogen-bond acceptors (Lipinski definition) is 7. The van der Waals surface area contributed by atoms with Crippen LogP contribution in [0.4, 0.5) is 4.39 Å². The maximum Gasteiger partial charge on any atom is 0.338 e. The minimum Gasteiger partial charge on any atom is -0.456 e. The third-order valence-electron chi connectivity index (χ3n) is 4.23. The SMILES string of the molecule is CC(C)(O)O[C@H]1C[C@H](n2ccc(=O)[nH]c2=O)O[C@]1(F)COC(=O)c1ccccc1. The topological polar surface area (TPSA) is 120 Å². The molecule has 0 amide bonds. The van der Waals surface area contributed by atoms with Crippen molar-refractivity contribution in [3.8, 4) is 0 Å². The van der Waals surface area contributed by atoms with Gasteiger partial charge in [0.15, 0.2) is 12.4 Å². The van der Waals surface area contributed by atoms with E-state index in [9.17, 15) is 19.5 Å². The molecule has 0 radical (unpaired) electrons. The van der Waals surface area contributed by atoms with Crippen LogP contribution in [-0.4, -0.2) is 45.0 Å². The molecular formula is C19H21FN2O7. The monoisotopic (exact) mass is 408 g/mol. The Morgan fingerprint density at radius 3 is 2.66 bits per heavy atom. The van der Waals surface area contributed by atoms with Gasteiger partial charge >= 0.3 is 11.7 Å². The quantitative estimate of drug-likeness (QED) is 0.542. The number of esters is 1. The van der Waals surface area contributed by atoms with Gasteiger partial charge < -0.3 is 19.3 Å². The van der Waals surface area contributed by atoms with Crippen LogP contribution in [0.3, 0.4) is 0 Å². The molecule has 1 saturated heterocycles. The second kappa shape index (κ2) is 7.90. The van der Waals surface area contributed by atoms with E-state index < -0.39 is 47.8 Å². The minimum atomic E-state index is -2.63. The molecule has 10 heteroatoms. The van der Waals surface area contributed by atoms with Gasteiger partial charge in [-0.1, -0.05) is 18.2 Å². The fraction of sp³-hybridized carbons (Fsp3) is 0.421. The number of nitrogens with zero attached hydrogens (tertiary/aromatic N) is 1. The van der Waals surface area contributed by atoms with Gasteiger partial charge in [0, 0.05) is 18.7 Å². The molecule has 1 aliphatic rings. The average Bonchev–Trinajstić information content (AvgIpc) is 2.95. The Balaban J connectivity index is 1.81. The summed E-state index contributed by atoms with van der Waals surface area (Å²) in [5, 5.41) is 9.95.